The summed E-state index contributed by atoms with van der Waals surface area (Å²) in [6.07, 6.45) is 1.37. The van der Waals surface area contributed by atoms with Crippen LogP contribution in [0.25, 0.3) is 0 Å². The van der Waals surface area contributed by atoms with E-state index in [1.165, 1.54) is 11.1 Å². The van der Waals surface area contributed by atoms with Crippen LogP contribution < -0.4 is 10.1 Å². The molecular weight excluding hydrogens is 252 g/mol. The van der Waals surface area contributed by atoms with E-state index in [0.717, 1.165) is 30.8 Å². The number of amides is 1. The number of aryl methyl sites for hydroxylation is 2. The molecule has 1 aromatic carbocycles. The fraction of sp³-hybridized carbons (Fsp3) is 0.562. The zero-order valence-electron chi connectivity index (χ0n) is 12.4. The molecule has 1 saturated heterocycles. The molecule has 2 heterocycles. The molecule has 0 radical (unpaired) electrons. The van der Waals surface area contributed by atoms with Gasteiger partial charge in [-0.2, -0.15) is 0 Å². The normalized spacial score (nSPS) is 24.4. The van der Waals surface area contributed by atoms with E-state index < -0.39 is 0 Å². The number of rotatable bonds is 2. The molecule has 0 bridgehead atoms. The Morgan fingerprint density at radius 3 is 2.80 bits per heavy atom. The number of nitrogens with one attached hydrogen (secondary N) is 1. The topological polar surface area (TPSA) is 41.6 Å². The van der Waals surface area contributed by atoms with Crippen LogP contribution in [-0.2, 0) is 11.2 Å². The Labute approximate surface area is 120 Å². The first-order valence-electron chi connectivity index (χ1n) is 7.30. The summed E-state index contributed by atoms with van der Waals surface area (Å²) in [5.74, 6) is 0.981. The molecule has 4 nitrogen and oxygen atoms in total. The number of ether oxygens (including phenoxy) is 1. The minimum absolute atomic E-state index is 0.102. The van der Waals surface area contributed by atoms with Gasteiger partial charge in [-0.3, -0.25) is 4.79 Å². The molecule has 1 fully saturated rings. The van der Waals surface area contributed by atoms with E-state index in [9.17, 15) is 4.79 Å². The van der Waals surface area contributed by atoms with E-state index in [1.54, 1.807) is 0 Å². The van der Waals surface area contributed by atoms with Gasteiger partial charge in [-0.1, -0.05) is 6.07 Å². The maximum atomic E-state index is 12.5. The highest BCUT2D eigenvalue weighted by molar-refractivity contribution is 5.82. The Balaban J connectivity index is 1.72. The number of carbonyl (C=O) groups is 1. The third-order valence-electron chi connectivity index (χ3n) is 4.56. The van der Waals surface area contributed by atoms with Crippen LogP contribution in [0.4, 0.5) is 0 Å². The second kappa shape index (κ2) is 5.09. The first kappa shape index (κ1) is 13.4. The van der Waals surface area contributed by atoms with E-state index in [4.69, 9.17) is 4.74 Å². The lowest BCUT2D eigenvalue weighted by atomic mass is 10.0. The lowest BCUT2D eigenvalue weighted by molar-refractivity contribution is -0.138. The molecule has 0 spiro atoms. The van der Waals surface area contributed by atoms with Crippen LogP contribution in [0.5, 0.6) is 5.75 Å². The summed E-state index contributed by atoms with van der Waals surface area (Å²) in [7, 11) is 1.89. The van der Waals surface area contributed by atoms with Crippen LogP contribution in [-0.4, -0.2) is 43.1 Å². The van der Waals surface area contributed by atoms with Crippen LogP contribution in [0.2, 0.25) is 0 Å². The monoisotopic (exact) mass is 274 g/mol. The van der Waals surface area contributed by atoms with Gasteiger partial charge in [0, 0.05) is 26.1 Å². The minimum Gasteiger partial charge on any atom is -0.480 e. The molecule has 1 aromatic rings. The Hall–Kier alpha value is -1.55. The molecule has 1 N–H and O–H groups in total. The zero-order chi connectivity index (χ0) is 14.3. The lowest BCUT2D eigenvalue weighted by Gasteiger charge is -2.26. The van der Waals surface area contributed by atoms with Crippen molar-refractivity contribution in [1.82, 2.24) is 10.2 Å². The van der Waals surface area contributed by atoms with Gasteiger partial charge in [-0.15, -0.1) is 0 Å². The number of fused-ring (bicyclic) bond motifs is 1. The first-order valence-corrected chi connectivity index (χ1v) is 7.30. The average Bonchev–Trinajstić information content (AvgIpc) is 3.06. The summed E-state index contributed by atoms with van der Waals surface area (Å²) in [4.78, 5) is 14.4. The lowest BCUT2D eigenvalue weighted by Crippen LogP contribution is -2.45. The standard InChI is InChI=1S/C16H22N2O2/c1-10-6-12-8-15(20-14(12)7-11(10)2)16(19)18(3)13-4-5-17-9-13/h6-7,13,15,17H,4-5,8-9H2,1-3H3. The van der Waals surface area contributed by atoms with E-state index in [1.807, 2.05) is 11.9 Å². The van der Waals surface area contributed by atoms with Crippen molar-refractivity contribution in [2.24, 2.45) is 0 Å². The summed E-state index contributed by atoms with van der Waals surface area (Å²) in [5.41, 5.74) is 3.63. The Kier molecular flexibility index (Phi) is 3.42. The number of benzene rings is 1. The van der Waals surface area contributed by atoms with Gasteiger partial charge in [0.05, 0.1) is 0 Å². The molecule has 108 valence electrons. The van der Waals surface area contributed by atoms with Gasteiger partial charge in [0.2, 0.25) is 0 Å². The zero-order valence-corrected chi connectivity index (χ0v) is 12.4. The number of carbonyl (C=O) groups excluding carboxylic acids is 1. The highest BCUT2D eigenvalue weighted by atomic mass is 16.5. The molecule has 2 aliphatic heterocycles. The van der Waals surface area contributed by atoms with Crippen molar-refractivity contribution in [3.63, 3.8) is 0 Å². The van der Waals surface area contributed by atoms with Gasteiger partial charge < -0.3 is 15.0 Å². The fourth-order valence-electron chi connectivity index (χ4n) is 3.03. The Morgan fingerprint density at radius 2 is 2.10 bits per heavy atom. The second-order valence-corrected chi connectivity index (χ2v) is 5.95. The van der Waals surface area contributed by atoms with Crippen molar-refractivity contribution < 1.29 is 9.53 Å². The predicted octanol–water partition coefficient (Wildman–Crippen LogP) is 1.43. The Bertz CT molecular complexity index is 505. The summed E-state index contributed by atoms with van der Waals surface area (Å²) >= 11 is 0. The first-order chi connectivity index (χ1) is 9.56. The fourth-order valence-corrected chi connectivity index (χ4v) is 3.03. The predicted molar refractivity (Wildman–Crippen MR) is 78.1 cm³/mol. The minimum atomic E-state index is -0.350. The molecule has 0 saturated carbocycles. The second-order valence-electron chi connectivity index (χ2n) is 5.95. The summed E-state index contributed by atoms with van der Waals surface area (Å²) in [5, 5.41) is 3.30. The Morgan fingerprint density at radius 1 is 1.35 bits per heavy atom. The van der Waals surface area contributed by atoms with E-state index >= 15 is 0 Å². The average molecular weight is 274 g/mol. The molecular formula is C16H22N2O2. The van der Waals surface area contributed by atoms with Gasteiger partial charge in [0.25, 0.3) is 5.91 Å². The number of hydrogen-bond donors (Lipinski definition) is 1. The van der Waals surface area contributed by atoms with Crippen molar-refractivity contribution in [2.45, 2.75) is 38.8 Å². The van der Waals surface area contributed by atoms with Crippen molar-refractivity contribution >= 4 is 5.91 Å². The van der Waals surface area contributed by atoms with E-state index in [0.29, 0.717) is 12.5 Å². The van der Waals surface area contributed by atoms with Gasteiger partial charge >= 0.3 is 0 Å². The smallest absolute Gasteiger partial charge is 0.264 e. The summed E-state index contributed by atoms with van der Waals surface area (Å²) in [6, 6.07) is 4.50. The van der Waals surface area contributed by atoms with Crippen LogP contribution >= 0.6 is 0 Å². The van der Waals surface area contributed by atoms with E-state index in [2.05, 4.69) is 31.3 Å². The van der Waals surface area contributed by atoms with Gasteiger partial charge in [0.1, 0.15) is 5.75 Å². The van der Waals surface area contributed by atoms with E-state index in [-0.39, 0.29) is 12.0 Å². The van der Waals surface area contributed by atoms with Crippen LogP contribution in [0.15, 0.2) is 12.1 Å². The molecule has 2 unspecified atom stereocenters. The van der Waals surface area contributed by atoms with Gasteiger partial charge in [-0.05, 0) is 49.6 Å². The van der Waals surface area contributed by atoms with Gasteiger partial charge in [-0.25, -0.2) is 0 Å². The molecule has 1 amide bonds. The van der Waals surface area contributed by atoms with Crippen LogP contribution in [0.3, 0.4) is 0 Å². The van der Waals surface area contributed by atoms with Crippen LogP contribution in [0, 0.1) is 13.8 Å². The number of hydrogen-bond acceptors (Lipinski definition) is 3. The molecule has 20 heavy (non-hydrogen) atoms. The molecule has 2 atom stereocenters. The third kappa shape index (κ3) is 2.29. The van der Waals surface area contributed by atoms with Crippen molar-refractivity contribution in [1.29, 1.82) is 0 Å². The maximum absolute atomic E-state index is 12.5. The highest BCUT2D eigenvalue weighted by Crippen LogP contribution is 2.32. The molecule has 4 heteroatoms. The highest BCUT2D eigenvalue weighted by Gasteiger charge is 2.34. The van der Waals surface area contributed by atoms with Gasteiger partial charge in [0.15, 0.2) is 6.10 Å². The molecule has 3 rings (SSSR count). The quantitative estimate of drug-likeness (QED) is 0.887. The third-order valence-corrected chi connectivity index (χ3v) is 4.56. The number of likely N-dealkylation sites (N-methyl/N-ethyl adjacent to an activating group) is 1. The number of nitrogens with zero attached hydrogens (tertiary/aromatic N) is 1. The van der Waals surface area contributed by atoms with Crippen molar-refractivity contribution in [3.05, 3.63) is 28.8 Å². The summed E-state index contributed by atoms with van der Waals surface area (Å²) in [6.45, 7) is 6.05. The molecule has 2 aliphatic rings. The molecule has 0 aliphatic carbocycles. The summed E-state index contributed by atoms with van der Waals surface area (Å²) < 4.78 is 5.87. The van der Waals surface area contributed by atoms with Crippen molar-refractivity contribution in [2.75, 3.05) is 20.1 Å². The van der Waals surface area contributed by atoms with Crippen molar-refractivity contribution in [3.8, 4) is 5.75 Å². The SMILES string of the molecule is Cc1cc2c(cc1C)OC(C(=O)N(C)C1CCNC1)C2. The molecule has 0 aromatic heterocycles. The maximum Gasteiger partial charge on any atom is 0.264 e. The van der Waals surface area contributed by atoms with Crippen LogP contribution in [0.1, 0.15) is 23.1 Å². The largest absolute Gasteiger partial charge is 0.480 e.